The highest BCUT2D eigenvalue weighted by atomic mass is 32.1. The molecule has 0 spiro atoms. The van der Waals surface area contributed by atoms with Crippen LogP contribution in [0, 0.1) is 17.8 Å². The van der Waals surface area contributed by atoms with Gasteiger partial charge < -0.3 is 5.32 Å². The summed E-state index contributed by atoms with van der Waals surface area (Å²) >= 11 is 4.24. The molecule has 0 aromatic carbocycles. The van der Waals surface area contributed by atoms with E-state index in [2.05, 4.69) is 17.9 Å². The van der Waals surface area contributed by atoms with Gasteiger partial charge in [0, 0.05) is 12.2 Å². The maximum atomic E-state index is 12.0. The number of nitrogens with one attached hydrogen (secondary N) is 1. The number of Topliss-reactive ketones (excluding diaryl/α,β-unsaturated/α-hetero) is 1. The third kappa shape index (κ3) is 3.49. The van der Waals surface area contributed by atoms with Crippen molar-refractivity contribution in [3.63, 3.8) is 0 Å². The lowest BCUT2D eigenvalue weighted by molar-refractivity contribution is -0.120. The molecule has 0 amide bonds. The Morgan fingerprint density at radius 3 is 2.75 bits per heavy atom. The second-order valence-corrected chi connectivity index (χ2v) is 5.76. The third-order valence-corrected chi connectivity index (χ3v) is 4.25. The van der Waals surface area contributed by atoms with Gasteiger partial charge in [0.25, 0.3) is 0 Å². The maximum Gasteiger partial charge on any atom is 0.150 e. The van der Waals surface area contributed by atoms with Crippen LogP contribution in [0.2, 0.25) is 0 Å². The molecule has 2 saturated carbocycles. The SMILES string of the molecule is CCNC(CS)C(=O)CC1CC1CC1CC1. The molecule has 0 bridgehead atoms. The van der Waals surface area contributed by atoms with Crippen LogP contribution in [-0.4, -0.2) is 24.1 Å². The van der Waals surface area contributed by atoms with Crippen molar-refractivity contribution in [3.8, 4) is 0 Å². The van der Waals surface area contributed by atoms with Gasteiger partial charge in [-0.1, -0.05) is 19.8 Å². The molecule has 0 radical (unpaired) electrons. The van der Waals surface area contributed by atoms with Crippen molar-refractivity contribution < 1.29 is 4.79 Å². The van der Waals surface area contributed by atoms with E-state index in [1.54, 1.807) is 0 Å². The predicted octanol–water partition coefficient (Wildman–Crippen LogP) is 2.29. The first-order valence-electron chi connectivity index (χ1n) is 6.61. The van der Waals surface area contributed by atoms with Gasteiger partial charge in [0.05, 0.1) is 6.04 Å². The number of carbonyl (C=O) groups is 1. The van der Waals surface area contributed by atoms with Crippen molar-refractivity contribution in [3.05, 3.63) is 0 Å². The molecular weight excluding hydrogens is 218 g/mol. The molecule has 3 unspecified atom stereocenters. The second kappa shape index (κ2) is 5.54. The molecule has 2 rings (SSSR count). The van der Waals surface area contributed by atoms with Gasteiger partial charge in [0.15, 0.2) is 5.78 Å². The average molecular weight is 241 g/mol. The minimum absolute atomic E-state index is 0.0180. The van der Waals surface area contributed by atoms with Crippen LogP contribution >= 0.6 is 12.6 Å². The van der Waals surface area contributed by atoms with Gasteiger partial charge in [-0.3, -0.25) is 4.79 Å². The zero-order valence-electron chi connectivity index (χ0n) is 10.1. The first-order chi connectivity index (χ1) is 7.74. The summed E-state index contributed by atoms with van der Waals surface area (Å²) in [7, 11) is 0. The van der Waals surface area contributed by atoms with E-state index in [0.717, 1.165) is 24.8 Å². The van der Waals surface area contributed by atoms with Crippen molar-refractivity contribution in [2.45, 2.75) is 45.1 Å². The fourth-order valence-electron chi connectivity index (χ4n) is 2.56. The minimum atomic E-state index is -0.0180. The molecule has 3 heteroatoms. The van der Waals surface area contributed by atoms with E-state index >= 15 is 0 Å². The molecule has 2 nitrogen and oxygen atoms in total. The van der Waals surface area contributed by atoms with E-state index in [1.807, 2.05) is 6.92 Å². The van der Waals surface area contributed by atoms with Gasteiger partial charge in [-0.2, -0.15) is 12.6 Å². The first-order valence-corrected chi connectivity index (χ1v) is 7.24. The minimum Gasteiger partial charge on any atom is -0.307 e. The van der Waals surface area contributed by atoms with Crippen LogP contribution in [0.1, 0.15) is 39.0 Å². The van der Waals surface area contributed by atoms with Gasteiger partial charge in [-0.25, -0.2) is 0 Å². The quantitative estimate of drug-likeness (QED) is 0.638. The molecule has 2 fully saturated rings. The van der Waals surface area contributed by atoms with Crippen LogP contribution in [0.5, 0.6) is 0 Å². The number of thiol groups is 1. The van der Waals surface area contributed by atoms with Crippen molar-refractivity contribution in [2.75, 3.05) is 12.3 Å². The Morgan fingerprint density at radius 2 is 2.19 bits per heavy atom. The average Bonchev–Trinajstić information content (AvgIpc) is 3.16. The monoisotopic (exact) mass is 241 g/mol. The summed E-state index contributed by atoms with van der Waals surface area (Å²) in [5.41, 5.74) is 0. The van der Waals surface area contributed by atoms with E-state index < -0.39 is 0 Å². The largest absolute Gasteiger partial charge is 0.307 e. The Balaban J connectivity index is 1.66. The van der Waals surface area contributed by atoms with Gasteiger partial charge in [0.2, 0.25) is 0 Å². The van der Waals surface area contributed by atoms with Gasteiger partial charge in [0.1, 0.15) is 0 Å². The lowest BCUT2D eigenvalue weighted by Crippen LogP contribution is -2.38. The highest BCUT2D eigenvalue weighted by molar-refractivity contribution is 7.80. The topological polar surface area (TPSA) is 29.1 Å². The van der Waals surface area contributed by atoms with E-state index in [-0.39, 0.29) is 6.04 Å². The summed E-state index contributed by atoms with van der Waals surface area (Å²) in [6, 6.07) is -0.0180. The second-order valence-electron chi connectivity index (χ2n) is 5.40. The van der Waals surface area contributed by atoms with Crippen molar-refractivity contribution in [1.82, 2.24) is 5.32 Å². The fourth-order valence-corrected chi connectivity index (χ4v) is 2.89. The first kappa shape index (κ1) is 12.4. The smallest absolute Gasteiger partial charge is 0.150 e. The van der Waals surface area contributed by atoms with Crippen LogP contribution < -0.4 is 5.32 Å². The van der Waals surface area contributed by atoms with E-state index in [1.165, 1.54) is 25.7 Å². The molecule has 2 aliphatic rings. The number of rotatable bonds is 8. The van der Waals surface area contributed by atoms with E-state index in [0.29, 0.717) is 17.5 Å². The fraction of sp³-hybridized carbons (Fsp3) is 0.923. The standard InChI is InChI=1S/C13H23NOS/c1-2-14-12(8-16)13(15)7-11-6-10(11)5-9-3-4-9/h9-12,14,16H,2-8H2,1H3. The number of hydrogen-bond acceptors (Lipinski definition) is 3. The van der Waals surface area contributed by atoms with Crippen molar-refractivity contribution in [1.29, 1.82) is 0 Å². The molecular formula is C13H23NOS. The molecule has 0 aliphatic heterocycles. The number of likely N-dealkylation sites (N-methyl/N-ethyl adjacent to an activating group) is 1. The van der Waals surface area contributed by atoms with Crippen LogP contribution in [0.25, 0.3) is 0 Å². The highest BCUT2D eigenvalue weighted by Crippen LogP contribution is 2.50. The predicted molar refractivity (Wildman–Crippen MR) is 69.9 cm³/mol. The summed E-state index contributed by atoms with van der Waals surface area (Å²) in [6.45, 7) is 2.89. The maximum absolute atomic E-state index is 12.0. The number of carbonyl (C=O) groups excluding carboxylic acids is 1. The lowest BCUT2D eigenvalue weighted by Gasteiger charge is -2.13. The van der Waals surface area contributed by atoms with Gasteiger partial charge in [-0.05, 0) is 37.1 Å². The Hall–Kier alpha value is -0.0200. The Labute approximate surface area is 104 Å². The highest BCUT2D eigenvalue weighted by Gasteiger charge is 2.42. The Kier molecular flexibility index (Phi) is 4.31. The third-order valence-electron chi connectivity index (χ3n) is 3.89. The van der Waals surface area contributed by atoms with Crippen LogP contribution in [-0.2, 0) is 4.79 Å². The van der Waals surface area contributed by atoms with E-state index in [4.69, 9.17) is 0 Å². The summed E-state index contributed by atoms with van der Waals surface area (Å²) in [4.78, 5) is 12.0. The molecule has 0 saturated heterocycles. The zero-order valence-corrected chi connectivity index (χ0v) is 11.0. The van der Waals surface area contributed by atoms with Crippen molar-refractivity contribution in [2.24, 2.45) is 17.8 Å². The van der Waals surface area contributed by atoms with Crippen molar-refractivity contribution >= 4 is 18.4 Å². The molecule has 92 valence electrons. The molecule has 3 atom stereocenters. The number of ketones is 1. The normalized spacial score (nSPS) is 30.1. The molecule has 0 aromatic rings. The Bertz CT molecular complexity index is 252. The van der Waals surface area contributed by atoms with E-state index in [9.17, 15) is 4.79 Å². The summed E-state index contributed by atoms with van der Waals surface area (Å²) < 4.78 is 0. The number of hydrogen-bond donors (Lipinski definition) is 2. The van der Waals surface area contributed by atoms with Gasteiger partial charge in [-0.15, -0.1) is 0 Å². The Morgan fingerprint density at radius 1 is 1.44 bits per heavy atom. The van der Waals surface area contributed by atoms with Gasteiger partial charge >= 0.3 is 0 Å². The molecule has 2 aliphatic carbocycles. The zero-order chi connectivity index (χ0) is 11.5. The summed E-state index contributed by atoms with van der Waals surface area (Å²) in [6.07, 6.45) is 6.36. The lowest BCUT2D eigenvalue weighted by atomic mass is 10.1. The molecule has 0 aromatic heterocycles. The van der Waals surface area contributed by atoms with Crippen LogP contribution in [0.4, 0.5) is 0 Å². The molecule has 16 heavy (non-hydrogen) atoms. The van der Waals surface area contributed by atoms with Crippen LogP contribution in [0.3, 0.4) is 0 Å². The van der Waals surface area contributed by atoms with Crippen LogP contribution in [0.15, 0.2) is 0 Å². The summed E-state index contributed by atoms with van der Waals surface area (Å²) in [5, 5.41) is 3.21. The summed E-state index contributed by atoms with van der Waals surface area (Å²) in [5.74, 6) is 3.60. The molecule has 1 N–H and O–H groups in total. The molecule has 0 heterocycles.